The number of likely N-dealkylation sites (tertiary alicyclic amines) is 1. The first-order valence-electron chi connectivity index (χ1n) is 12.1. The van der Waals surface area contributed by atoms with Crippen LogP contribution in [0, 0.1) is 11.3 Å². The van der Waals surface area contributed by atoms with Crippen LogP contribution in [0.25, 0.3) is 10.9 Å². The van der Waals surface area contributed by atoms with Crippen LogP contribution in [0.4, 0.5) is 0 Å². The maximum Gasteiger partial charge on any atom is 0.217 e. The Morgan fingerprint density at radius 2 is 1.78 bits per heavy atom. The monoisotopic (exact) mass is 541 g/mol. The highest BCUT2D eigenvalue weighted by Crippen LogP contribution is 2.45. The van der Waals surface area contributed by atoms with E-state index >= 15 is 0 Å². The molecule has 1 atom stereocenters. The van der Waals surface area contributed by atoms with Gasteiger partial charge in [-0.1, -0.05) is 58.4 Å². The smallest absolute Gasteiger partial charge is 0.217 e. The fourth-order valence-corrected chi connectivity index (χ4v) is 5.65. The Bertz CT molecular complexity index is 1390. The van der Waals surface area contributed by atoms with Crippen molar-refractivity contribution in [1.29, 1.82) is 5.26 Å². The quantitative estimate of drug-likeness (QED) is 0.322. The van der Waals surface area contributed by atoms with E-state index in [4.69, 9.17) is 9.72 Å². The number of rotatable bonds is 6. The number of pyridine rings is 1. The van der Waals surface area contributed by atoms with Crippen molar-refractivity contribution in [3.05, 3.63) is 106 Å². The number of ether oxygens (including phenoxy) is 1. The van der Waals surface area contributed by atoms with E-state index in [1.807, 2.05) is 48.5 Å². The van der Waals surface area contributed by atoms with Gasteiger partial charge in [-0.2, -0.15) is 5.26 Å². The minimum atomic E-state index is -0.990. The van der Waals surface area contributed by atoms with E-state index < -0.39 is 5.60 Å². The Labute approximate surface area is 220 Å². The summed E-state index contributed by atoms with van der Waals surface area (Å²) in [4.78, 5) is 7.19. The number of nitriles is 1. The van der Waals surface area contributed by atoms with Gasteiger partial charge in [-0.05, 0) is 60.4 Å². The van der Waals surface area contributed by atoms with Crippen LogP contribution in [0.15, 0.2) is 83.3 Å². The molecule has 0 aliphatic carbocycles. The molecule has 5 rings (SSSR count). The summed E-state index contributed by atoms with van der Waals surface area (Å²) in [5.41, 5.74) is 3.51. The van der Waals surface area contributed by atoms with Crippen molar-refractivity contribution in [3.63, 3.8) is 0 Å². The summed E-state index contributed by atoms with van der Waals surface area (Å²) >= 11 is 3.57. The number of nitrogens with zero attached hydrogens (tertiary/aromatic N) is 3. The van der Waals surface area contributed by atoms with Gasteiger partial charge in [-0.25, -0.2) is 4.98 Å². The second kappa shape index (κ2) is 10.4. The molecule has 1 aliphatic rings. The molecule has 36 heavy (non-hydrogen) atoms. The van der Waals surface area contributed by atoms with Crippen molar-refractivity contribution >= 4 is 26.8 Å². The van der Waals surface area contributed by atoms with E-state index in [1.165, 1.54) is 5.56 Å². The summed E-state index contributed by atoms with van der Waals surface area (Å²) < 4.78 is 6.74. The van der Waals surface area contributed by atoms with Crippen molar-refractivity contribution in [2.75, 3.05) is 20.2 Å². The third-order valence-corrected chi connectivity index (χ3v) is 7.65. The summed E-state index contributed by atoms with van der Waals surface area (Å²) in [5, 5.41) is 22.5. The number of fused-ring (bicyclic) bond motifs is 1. The maximum atomic E-state index is 12.2. The van der Waals surface area contributed by atoms with Crippen LogP contribution in [0.2, 0.25) is 0 Å². The first-order chi connectivity index (χ1) is 17.5. The molecule has 0 saturated carbocycles. The molecule has 182 valence electrons. The molecular formula is C30H28BrN3O2. The Balaban J connectivity index is 1.54. The number of piperidine rings is 1. The molecule has 0 spiro atoms. The number of aliphatic hydroxyl groups is 1. The fraction of sp³-hybridized carbons (Fsp3) is 0.267. The molecule has 0 bridgehead atoms. The molecular weight excluding hydrogens is 514 g/mol. The van der Waals surface area contributed by atoms with Crippen LogP contribution in [0.5, 0.6) is 5.88 Å². The van der Waals surface area contributed by atoms with E-state index in [1.54, 1.807) is 7.11 Å². The zero-order valence-electron chi connectivity index (χ0n) is 20.2. The van der Waals surface area contributed by atoms with Crippen molar-refractivity contribution < 1.29 is 9.84 Å². The number of halogens is 1. The van der Waals surface area contributed by atoms with Crippen LogP contribution in [-0.2, 0) is 6.54 Å². The molecule has 1 saturated heterocycles. The third-order valence-electron chi connectivity index (χ3n) is 7.16. The predicted octanol–water partition coefficient (Wildman–Crippen LogP) is 6.04. The average Bonchev–Trinajstić information content (AvgIpc) is 2.91. The Morgan fingerprint density at radius 3 is 2.44 bits per heavy atom. The highest BCUT2D eigenvalue weighted by Gasteiger charge is 2.43. The minimum absolute atomic E-state index is 0.352. The largest absolute Gasteiger partial charge is 0.481 e. The molecule has 6 heteroatoms. The molecule has 4 aromatic rings. The van der Waals surface area contributed by atoms with Crippen molar-refractivity contribution in [2.45, 2.75) is 30.9 Å². The highest BCUT2D eigenvalue weighted by molar-refractivity contribution is 9.10. The third kappa shape index (κ3) is 5.01. The summed E-state index contributed by atoms with van der Waals surface area (Å²) in [6, 6.07) is 28.2. The summed E-state index contributed by atoms with van der Waals surface area (Å²) in [6.07, 6.45) is 1.23. The van der Waals surface area contributed by atoms with E-state index in [0.29, 0.717) is 24.3 Å². The predicted molar refractivity (Wildman–Crippen MR) is 145 cm³/mol. The first kappa shape index (κ1) is 24.5. The van der Waals surface area contributed by atoms with Gasteiger partial charge in [0.1, 0.15) is 0 Å². The number of methoxy groups -OCH3 is 1. The van der Waals surface area contributed by atoms with Crippen LogP contribution >= 0.6 is 15.9 Å². The topological polar surface area (TPSA) is 69.4 Å². The molecule has 0 amide bonds. The van der Waals surface area contributed by atoms with Crippen molar-refractivity contribution in [1.82, 2.24) is 9.88 Å². The zero-order chi connectivity index (χ0) is 25.1. The lowest BCUT2D eigenvalue weighted by Gasteiger charge is -2.43. The maximum absolute atomic E-state index is 12.2. The van der Waals surface area contributed by atoms with Gasteiger partial charge in [0.05, 0.1) is 29.9 Å². The highest BCUT2D eigenvalue weighted by atomic mass is 79.9. The molecule has 1 unspecified atom stereocenters. The van der Waals surface area contributed by atoms with Crippen molar-refractivity contribution in [3.8, 4) is 11.9 Å². The molecule has 5 nitrogen and oxygen atoms in total. The van der Waals surface area contributed by atoms with Gasteiger partial charge < -0.3 is 9.84 Å². The van der Waals surface area contributed by atoms with E-state index in [2.05, 4.69) is 57.2 Å². The van der Waals surface area contributed by atoms with E-state index in [9.17, 15) is 10.4 Å². The lowest BCUT2D eigenvalue weighted by molar-refractivity contribution is -0.0360. The summed E-state index contributed by atoms with van der Waals surface area (Å²) in [7, 11) is 1.62. The van der Waals surface area contributed by atoms with Crippen LogP contribution in [0.1, 0.15) is 41.0 Å². The fourth-order valence-electron chi connectivity index (χ4n) is 5.27. The molecule has 1 fully saturated rings. The van der Waals surface area contributed by atoms with Crippen LogP contribution < -0.4 is 4.74 Å². The summed E-state index contributed by atoms with van der Waals surface area (Å²) in [5.74, 6) is 0.161. The average molecular weight is 542 g/mol. The lowest BCUT2D eigenvalue weighted by Crippen LogP contribution is -2.48. The van der Waals surface area contributed by atoms with Crippen LogP contribution in [-0.4, -0.2) is 40.8 Å². The van der Waals surface area contributed by atoms with E-state index in [0.717, 1.165) is 46.1 Å². The standard InChI is InChI=1S/C30H28BrN3O2/c1-36-29-26(18-24-17-25(31)11-12-27(24)33-29)28(23-9-7-21(19-32)8-10-23)30(35)13-15-34(16-14-30)20-22-5-3-2-4-6-22/h2-12,17-18,28,35H,13-16,20H2,1H3. The molecule has 0 radical (unpaired) electrons. The number of hydrogen-bond acceptors (Lipinski definition) is 5. The minimum Gasteiger partial charge on any atom is -0.481 e. The van der Waals surface area contributed by atoms with Gasteiger partial charge in [-0.3, -0.25) is 4.90 Å². The Kier molecular flexibility index (Phi) is 7.06. The molecule has 1 aliphatic heterocycles. The van der Waals surface area contributed by atoms with Gasteiger partial charge in [0.25, 0.3) is 0 Å². The molecule has 3 aromatic carbocycles. The number of benzene rings is 3. The van der Waals surface area contributed by atoms with Gasteiger partial charge in [0.15, 0.2) is 0 Å². The second-order valence-corrected chi connectivity index (χ2v) is 10.4. The van der Waals surface area contributed by atoms with Gasteiger partial charge in [0, 0.05) is 41.0 Å². The Morgan fingerprint density at radius 1 is 1.06 bits per heavy atom. The molecule has 1 N–H and O–H groups in total. The number of hydrogen-bond donors (Lipinski definition) is 1. The zero-order valence-corrected chi connectivity index (χ0v) is 21.8. The number of aromatic nitrogens is 1. The second-order valence-electron chi connectivity index (χ2n) is 9.46. The van der Waals surface area contributed by atoms with Gasteiger partial charge >= 0.3 is 0 Å². The molecule has 1 aromatic heterocycles. The first-order valence-corrected chi connectivity index (χ1v) is 12.9. The SMILES string of the molecule is COc1nc2ccc(Br)cc2cc1C(c1ccc(C#N)cc1)C1(O)CCN(Cc2ccccc2)CC1. The molecule has 2 heterocycles. The Hall–Kier alpha value is -3.24. The van der Waals surface area contributed by atoms with Gasteiger partial charge in [0.2, 0.25) is 5.88 Å². The van der Waals surface area contributed by atoms with E-state index in [-0.39, 0.29) is 5.92 Å². The van der Waals surface area contributed by atoms with Gasteiger partial charge in [-0.15, -0.1) is 0 Å². The van der Waals surface area contributed by atoms with Crippen molar-refractivity contribution in [2.24, 2.45) is 0 Å². The normalized spacial score (nSPS) is 16.4. The lowest BCUT2D eigenvalue weighted by atomic mass is 9.72. The summed E-state index contributed by atoms with van der Waals surface area (Å²) in [6.45, 7) is 2.44. The van der Waals surface area contributed by atoms with Crippen LogP contribution in [0.3, 0.4) is 0 Å².